The summed E-state index contributed by atoms with van der Waals surface area (Å²) in [5.41, 5.74) is -0.551. The average molecular weight is 276 g/mol. The van der Waals surface area contributed by atoms with Crippen molar-refractivity contribution in [3.63, 3.8) is 0 Å². The maximum atomic E-state index is 12.3. The van der Waals surface area contributed by atoms with Gasteiger partial charge >= 0.3 is 0 Å². The zero-order valence-corrected chi connectivity index (χ0v) is 12.2. The van der Waals surface area contributed by atoms with Crippen molar-refractivity contribution in [3.05, 3.63) is 11.5 Å². The van der Waals surface area contributed by atoms with E-state index in [0.29, 0.717) is 12.1 Å². The standard InChI is InChI=1S/C11H20N2O4S/c1-8-10(9(2)17-12-8)18(15,16)13(5)7-6-11(3,4)14/h14H,6-7H2,1-5H3. The molecule has 0 aliphatic rings. The highest BCUT2D eigenvalue weighted by molar-refractivity contribution is 7.89. The number of nitrogens with zero attached hydrogens (tertiary/aromatic N) is 2. The zero-order valence-electron chi connectivity index (χ0n) is 11.4. The minimum Gasteiger partial charge on any atom is -0.390 e. The van der Waals surface area contributed by atoms with Gasteiger partial charge in [0.2, 0.25) is 10.0 Å². The Bertz CT molecular complexity index is 494. The van der Waals surface area contributed by atoms with Gasteiger partial charge in [-0.2, -0.15) is 0 Å². The summed E-state index contributed by atoms with van der Waals surface area (Å²) in [6.45, 7) is 6.67. The molecule has 0 saturated carbocycles. The van der Waals surface area contributed by atoms with Crippen LogP contribution in [-0.4, -0.2) is 42.2 Å². The lowest BCUT2D eigenvalue weighted by Gasteiger charge is -2.22. The summed E-state index contributed by atoms with van der Waals surface area (Å²) in [6.07, 6.45) is 0.353. The topological polar surface area (TPSA) is 83.6 Å². The van der Waals surface area contributed by atoms with Crippen LogP contribution in [0.4, 0.5) is 0 Å². The van der Waals surface area contributed by atoms with E-state index in [1.165, 1.54) is 11.4 Å². The Labute approximate surface area is 108 Å². The van der Waals surface area contributed by atoms with Crippen molar-refractivity contribution in [1.29, 1.82) is 0 Å². The molecule has 0 radical (unpaired) electrons. The Hall–Kier alpha value is -0.920. The van der Waals surface area contributed by atoms with Gasteiger partial charge in [0, 0.05) is 13.6 Å². The SMILES string of the molecule is Cc1noc(C)c1S(=O)(=O)N(C)CCC(C)(C)O. The third kappa shape index (κ3) is 3.30. The molecule has 1 aromatic heterocycles. The molecule has 0 unspecified atom stereocenters. The normalized spacial score (nSPS) is 13.3. The van der Waals surface area contributed by atoms with E-state index < -0.39 is 15.6 Å². The molecule has 1 N–H and O–H groups in total. The molecule has 0 amide bonds. The Morgan fingerprint density at radius 3 is 2.33 bits per heavy atom. The summed E-state index contributed by atoms with van der Waals surface area (Å²) < 4.78 is 30.7. The van der Waals surface area contributed by atoms with Crippen LogP contribution in [0.5, 0.6) is 0 Å². The van der Waals surface area contributed by atoms with E-state index in [1.807, 2.05) is 0 Å². The predicted molar refractivity (Wildman–Crippen MR) is 66.7 cm³/mol. The van der Waals surface area contributed by atoms with Crippen LogP contribution >= 0.6 is 0 Å². The molecule has 0 spiro atoms. The smallest absolute Gasteiger partial charge is 0.248 e. The molecular formula is C11H20N2O4S. The molecule has 0 fully saturated rings. The van der Waals surface area contributed by atoms with Crippen molar-refractivity contribution in [2.45, 2.75) is 44.6 Å². The van der Waals surface area contributed by atoms with Gasteiger partial charge in [-0.15, -0.1) is 0 Å². The third-order valence-corrected chi connectivity index (χ3v) is 4.78. The van der Waals surface area contributed by atoms with Crippen LogP contribution in [0.15, 0.2) is 9.42 Å². The van der Waals surface area contributed by atoms with Crippen LogP contribution in [0.25, 0.3) is 0 Å². The van der Waals surface area contributed by atoms with Crippen LogP contribution in [0.2, 0.25) is 0 Å². The maximum Gasteiger partial charge on any atom is 0.248 e. The summed E-state index contributed by atoms with van der Waals surface area (Å²) >= 11 is 0. The first-order chi connectivity index (χ1) is 8.05. The summed E-state index contributed by atoms with van der Waals surface area (Å²) in [6, 6.07) is 0. The van der Waals surface area contributed by atoms with E-state index in [-0.39, 0.29) is 17.2 Å². The first kappa shape index (κ1) is 15.1. The monoisotopic (exact) mass is 276 g/mol. The van der Waals surface area contributed by atoms with Crippen molar-refractivity contribution in [2.75, 3.05) is 13.6 Å². The average Bonchev–Trinajstić information content (AvgIpc) is 2.54. The second-order valence-electron chi connectivity index (χ2n) is 5.04. The van der Waals surface area contributed by atoms with Crippen molar-refractivity contribution in [1.82, 2.24) is 9.46 Å². The molecule has 18 heavy (non-hydrogen) atoms. The number of hydrogen-bond donors (Lipinski definition) is 1. The van der Waals surface area contributed by atoms with Crippen LogP contribution in [0, 0.1) is 13.8 Å². The van der Waals surface area contributed by atoms with Gasteiger partial charge in [-0.1, -0.05) is 5.16 Å². The highest BCUT2D eigenvalue weighted by atomic mass is 32.2. The molecule has 1 aromatic rings. The minimum absolute atomic E-state index is 0.112. The Kier molecular flexibility index (Phi) is 4.19. The van der Waals surface area contributed by atoms with Crippen LogP contribution in [0.1, 0.15) is 31.7 Å². The van der Waals surface area contributed by atoms with E-state index in [1.54, 1.807) is 27.7 Å². The predicted octanol–water partition coefficient (Wildman–Crippen LogP) is 1.07. The van der Waals surface area contributed by atoms with E-state index >= 15 is 0 Å². The van der Waals surface area contributed by atoms with E-state index in [4.69, 9.17) is 4.52 Å². The summed E-state index contributed by atoms with van der Waals surface area (Å²) in [7, 11) is -2.13. The molecule has 104 valence electrons. The van der Waals surface area contributed by atoms with Crippen molar-refractivity contribution in [3.8, 4) is 0 Å². The lowest BCUT2D eigenvalue weighted by atomic mass is 10.1. The molecule has 6 nitrogen and oxygen atoms in total. The molecule has 0 saturated heterocycles. The second kappa shape index (κ2) is 4.99. The number of aryl methyl sites for hydroxylation is 2. The number of aromatic nitrogens is 1. The van der Waals surface area contributed by atoms with Gasteiger partial charge < -0.3 is 9.63 Å². The number of rotatable bonds is 5. The molecular weight excluding hydrogens is 256 g/mol. The van der Waals surface area contributed by atoms with E-state index in [0.717, 1.165) is 0 Å². The first-order valence-electron chi connectivity index (χ1n) is 5.67. The third-order valence-electron chi connectivity index (χ3n) is 2.67. The fraction of sp³-hybridized carbons (Fsp3) is 0.727. The van der Waals surface area contributed by atoms with Crippen molar-refractivity contribution < 1.29 is 18.0 Å². The van der Waals surface area contributed by atoms with Crippen LogP contribution < -0.4 is 0 Å². The van der Waals surface area contributed by atoms with E-state index in [9.17, 15) is 13.5 Å². The summed E-state index contributed by atoms with van der Waals surface area (Å²) in [5.74, 6) is 0.280. The molecule has 1 heterocycles. The molecule has 7 heteroatoms. The van der Waals surface area contributed by atoms with Gasteiger partial charge in [0.05, 0.1) is 5.60 Å². The summed E-state index contributed by atoms with van der Waals surface area (Å²) in [5, 5.41) is 13.3. The van der Waals surface area contributed by atoms with E-state index in [2.05, 4.69) is 5.16 Å². The fourth-order valence-electron chi connectivity index (χ4n) is 1.55. The van der Waals surface area contributed by atoms with Crippen LogP contribution in [-0.2, 0) is 10.0 Å². The van der Waals surface area contributed by atoms with Crippen LogP contribution in [0.3, 0.4) is 0 Å². The molecule has 0 aliphatic heterocycles. The number of aliphatic hydroxyl groups is 1. The fourth-order valence-corrected chi connectivity index (χ4v) is 3.00. The second-order valence-corrected chi connectivity index (χ2v) is 7.02. The van der Waals surface area contributed by atoms with Crippen molar-refractivity contribution >= 4 is 10.0 Å². The summed E-state index contributed by atoms with van der Waals surface area (Å²) in [4.78, 5) is 0.112. The van der Waals surface area contributed by atoms with Gasteiger partial charge in [-0.05, 0) is 34.1 Å². The number of hydrogen-bond acceptors (Lipinski definition) is 5. The molecule has 0 bridgehead atoms. The van der Waals surface area contributed by atoms with Crippen molar-refractivity contribution in [2.24, 2.45) is 0 Å². The first-order valence-corrected chi connectivity index (χ1v) is 7.11. The highest BCUT2D eigenvalue weighted by Gasteiger charge is 2.29. The van der Waals surface area contributed by atoms with Gasteiger partial charge in [0.25, 0.3) is 0 Å². The lowest BCUT2D eigenvalue weighted by Crippen LogP contribution is -2.33. The zero-order chi connectivity index (χ0) is 14.1. The number of sulfonamides is 1. The molecule has 0 aliphatic carbocycles. The Morgan fingerprint density at radius 1 is 1.39 bits per heavy atom. The van der Waals surface area contributed by atoms with Gasteiger partial charge in [-0.25, -0.2) is 12.7 Å². The highest BCUT2D eigenvalue weighted by Crippen LogP contribution is 2.23. The largest absolute Gasteiger partial charge is 0.390 e. The van der Waals surface area contributed by atoms with Gasteiger partial charge in [0.15, 0.2) is 5.76 Å². The van der Waals surface area contributed by atoms with Gasteiger partial charge in [0.1, 0.15) is 10.6 Å². The Balaban J connectivity index is 2.94. The molecule has 0 atom stereocenters. The molecule has 1 rings (SSSR count). The van der Waals surface area contributed by atoms with Gasteiger partial charge in [-0.3, -0.25) is 0 Å². The Morgan fingerprint density at radius 2 is 1.94 bits per heavy atom. The lowest BCUT2D eigenvalue weighted by molar-refractivity contribution is 0.0670. The maximum absolute atomic E-state index is 12.3. The quantitative estimate of drug-likeness (QED) is 0.869. The minimum atomic E-state index is -3.61. The molecule has 0 aromatic carbocycles.